The summed E-state index contributed by atoms with van der Waals surface area (Å²) in [5, 5.41) is 7.33. The van der Waals surface area contributed by atoms with Crippen LogP contribution in [0.15, 0.2) is 0 Å². The molecule has 6 heteroatoms. The number of hydrogen-bond donors (Lipinski definition) is 1. The normalized spacial score (nSPS) is 25.3. The van der Waals surface area contributed by atoms with Crippen molar-refractivity contribution in [3.8, 4) is 0 Å². The van der Waals surface area contributed by atoms with Gasteiger partial charge in [0.1, 0.15) is 17.4 Å². The highest BCUT2D eigenvalue weighted by atomic mass is 32.2. The van der Waals surface area contributed by atoms with Crippen molar-refractivity contribution in [3.63, 3.8) is 0 Å². The van der Waals surface area contributed by atoms with Crippen molar-refractivity contribution in [2.24, 2.45) is 11.8 Å². The van der Waals surface area contributed by atoms with Crippen LogP contribution in [0.5, 0.6) is 0 Å². The van der Waals surface area contributed by atoms with Crippen LogP contribution in [0.25, 0.3) is 0 Å². The van der Waals surface area contributed by atoms with Crippen LogP contribution >= 0.6 is 0 Å². The SMILES string of the molecule is CC(C)OCC(=O)[C@@H]1CCCC1CS(=O)C(=O)O. The highest BCUT2D eigenvalue weighted by Crippen LogP contribution is 2.33. The van der Waals surface area contributed by atoms with Gasteiger partial charge in [0.15, 0.2) is 5.78 Å². The molecule has 0 aliphatic heterocycles. The number of hydrogen-bond acceptors (Lipinski definition) is 4. The number of carbonyl (C=O) groups excluding carboxylic acids is 1. The van der Waals surface area contributed by atoms with Crippen molar-refractivity contribution >= 4 is 21.9 Å². The zero-order valence-electron chi connectivity index (χ0n) is 10.8. The first kappa shape index (κ1) is 15.3. The van der Waals surface area contributed by atoms with Crippen LogP contribution in [0, 0.1) is 11.8 Å². The molecule has 1 fully saturated rings. The first-order valence-corrected chi connectivity index (χ1v) is 7.49. The molecule has 1 N–H and O–H groups in total. The Morgan fingerprint density at radius 1 is 1.39 bits per heavy atom. The van der Waals surface area contributed by atoms with Gasteiger partial charge in [0.25, 0.3) is 0 Å². The zero-order valence-corrected chi connectivity index (χ0v) is 11.6. The lowest BCUT2D eigenvalue weighted by molar-refractivity contribution is -0.129. The van der Waals surface area contributed by atoms with E-state index in [1.807, 2.05) is 13.8 Å². The van der Waals surface area contributed by atoms with Gasteiger partial charge < -0.3 is 9.84 Å². The molecule has 0 aromatic rings. The fourth-order valence-corrected chi connectivity index (χ4v) is 3.21. The van der Waals surface area contributed by atoms with Crippen molar-refractivity contribution in [1.29, 1.82) is 0 Å². The minimum Gasteiger partial charge on any atom is -0.471 e. The summed E-state index contributed by atoms with van der Waals surface area (Å²) in [6.45, 7) is 3.79. The van der Waals surface area contributed by atoms with E-state index in [1.54, 1.807) is 0 Å². The smallest absolute Gasteiger partial charge is 0.395 e. The minimum absolute atomic E-state index is 0.00181. The number of carbonyl (C=O) groups is 2. The Morgan fingerprint density at radius 3 is 2.61 bits per heavy atom. The van der Waals surface area contributed by atoms with E-state index in [0.29, 0.717) is 0 Å². The maximum Gasteiger partial charge on any atom is 0.395 e. The number of ketones is 1. The number of carboxylic acid groups (broad SMARTS) is 1. The van der Waals surface area contributed by atoms with E-state index in [1.165, 1.54) is 0 Å². The average molecular weight is 276 g/mol. The van der Waals surface area contributed by atoms with Crippen LogP contribution in [0.2, 0.25) is 0 Å². The predicted molar refractivity (Wildman–Crippen MR) is 68.0 cm³/mol. The second kappa shape index (κ2) is 6.99. The Morgan fingerprint density at radius 2 is 2.06 bits per heavy atom. The van der Waals surface area contributed by atoms with Gasteiger partial charge in [-0.15, -0.1) is 0 Å². The second-order valence-electron chi connectivity index (χ2n) is 4.90. The fraction of sp³-hybridized carbons (Fsp3) is 0.833. The molecule has 0 saturated heterocycles. The fourth-order valence-electron chi connectivity index (χ4n) is 2.28. The van der Waals surface area contributed by atoms with Gasteiger partial charge in [0.05, 0.1) is 6.10 Å². The van der Waals surface area contributed by atoms with Gasteiger partial charge in [-0.05, 0) is 32.6 Å². The van der Waals surface area contributed by atoms with E-state index < -0.39 is 16.1 Å². The van der Waals surface area contributed by atoms with E-state index >= 15 is 0 Å². The molecule has 0 bridgehead atoms. The molecular weight excluding hydrogens is 256 g/mol. The lowest BCUT2D eigenvalue weighted by Gasteiger charge is -2.17. The standard InChI is InChI=1S/C12H20O5S/c1-8(2)17-6-11(13)10-5-3-4-9(10)7-18(16)12(14)15/h8-10H,3-7H2,1-2H3,(H,14,15)/t9?,10-,18?/m1/s1. The summed E-state index contributed by atoms with van der Waals surface area (Å²) in [5.41, 5.74) is 0. The van der Waals surface area contributed by atoms with Gasteiger partial charge in [0.2, 0.25) is 0 Å². The van der Waals surface area contributed by atoms with Crippen molar-refractivity contribution in [1.82, 2.24) is 0 Å². The molecule has 1 saturated carbocycles. The van der Waals surface area contributed by atoms with E-state index in [0.717, 1.165) is 19.3 Å². The molecule has 0 spiro atoms. The van der Waals surface area contributed by atoms with Crippen LogP contribution in [0.1, 0.15) is 33.1 Å². The van der Waals surface area contributed by atoms with Gasteiger partial charge in [0, 0.05) is 11.7 Å². The van der Waals surface area contributed by atoms with Crippen LogP contribution in [-0.2, 0) is 20.3 Å². The maximum absolute atomic E-state index is 11.9. The largest absolute Gasteiger partial charge is 0.471 e. The van der Waals surface area contributed by atoms with Gasteiger partial charge in [-0.2, -0.15) is 0 Å². The molecule has 1 aliphatic carbocycles. The van der Waals surface area contributed by atoms with Crippen LogP contribution in [-0.4, -0.2) is 38.9 Å². The molecule has 1 aliphatic rings. The number of rotatable bonds is 6. The van der Waals surface area contributed by atoms with Gasteiger partial charge in [-0.1, -0.05) is 6.42 Å². The third kappa shape index (κ3) is 4.49. The predicted octanol–water partition coefficient (Wildman–Crippen LogP) is 1.82. The summed E-state index contributed by atoms with van der Waals surface area (Å²) in [6, 6.07) is 0. The van der Waals surface area contributed by atoms with Crippen LogP contribution in [0.4, 0.5) is 4.79 Å². The zero-order chi connectivity index (χ0) is 13.7. The quantitative estimate of drug-likeness (QED) is 0.800. The minimum atomic E-state index is -1.89. The molecule has 0 heterocycles. The van der Waals surface area contributed by atoms with Crippen molar-refractivity contribution in [2.75, 3.05) is 12.4 Å². The highest BCUT2D eigenvalue weighted by molar-refractivity contribution is 7.99. The maximum atomic E-state index is 11.9. The number of Topliss-reactive ketones (excluding diaryl/α,β-unsaturated/α-hetero) is 1. The van der Waals surface area contributed by atoms with E-state index in [4.69, 9.17) is 9.84 Å². The summed E-state index contributed by atoms with van der Waals surface area (Å²) in [7, 11) is -1.89. The highest BCUT2D eigenvalue weighted by Gasteiger charge is 2.34. The molecule has 1 rings (SSSR count). The third-order valence-electron chi connectivity index (χ3n) is 3.19. The summed E-state index contributed by atoms with van der Waals surface area (Å²) in [4.78, 5) is 22.5. The lowest BCUT2D eigenvalue weighted by Crippen LogP contribution is -2.28. The lowest BCUT2D eigenvalue weighted by atomic mass is 9.94. The monoisotopic (exact) mass is 276 g/mol. The van der Waals surface area contributed by atoms with Crippen molar-refractivity contribution in [2.45, 2.75) is 39.2 Å². The Bertz CT molecular complexity index is 339. The van der Waals surface area contributed by atoms with E-state index in [2.05, 4.69) is 0 Å². The Hall–Kier alpha value is -0.750. The summed E-state index contributed by atoms with van der Waals surface area (Å²) in [5.74, 6) is -0.182. The average Bonchev–Trinajstić information content (AvgIpc) is 2.73. The number of ether oxygens (including phenoxy) is 1. The summed E-state index contributed by atoms with van der Waals surface area (Å²) in [6.07, 6.45) is 2.42. The molecule has 0 aromatic heterocycles. The first-order valence-electron chi connectivity index (χ1n) is 6.17. The second-order valence-corrected chi connectivity index (χ2v) is 6.28. The van der Waals surface area contributed by atoms with E-state index in [9.17, 15) is 13.8 Å². The molecule has 104 valence electrons. The molecule has 0 radical (unpaired) electrons. The Labute approximate surface area is 109 Å². The van der Waals surface area contributed by atoms with Crippen LogP contribution < -0.4 is 0 Å². The first-order chi connectivity index (χ1) is 8.41. The van der Waals surface area contributed by atoms with Crippen LogP contribution in [0.3, 0.4) is 0 Å². The van der Waals surface area contributed by atoms with Gasteiger partial charge in [-0.3, -0.25) is 4.79 Å². The Kier molecular flexibility index (Phi) is 5.95. The molecule has 5 nitrogen and oxygen atoms in total. The molecule has 18 heavy (non-hydrogen) atoms. The summed E-state index contributed by atoms with van der Waals surface area (Å²) >= 11 is 0. The molecule has 3 atom stereocenters. The van der Waals surface area contributed by atoms with Crippen molar-refractivity contribution in [3.05, 3.63) is 0 Å². The molecular formula is C12H20O5S. The van der Waals surface area contributed by atoms with Crippen molar-refractivity contribution < 1.29 is 23.6 Å². The molecule has 0 aromatic carbocycles. The van der Waals surface area contributed by atoms with E-state index in [-0.39, 0.29) is 36.1 Å². The third-order valence-corrected chi connectivity index (χ3v) is 4.31. The summed E-state index contributed by atoms with van der Waals surface area (Å²) < 4.78 is 16.6. The van der Waals surface area contributed by atoms with Gasteiger partial charge >= 0.3 is 5.30 Å². The van der Waals surface area contributed by atoms with Gasteiger partial charge in [-0.25, -0.2) is 9.00 Å². The molecule has 2 unspecified atom stereocenters. The Balaban J connectivity index is 2.51. The topological polar surface area (TPSA) is 80.7 Å². The molecule has 0 amide bonds.